The summed E-state index contributed by atoms with van der Waals surface area (Å²) in [5, 5.41) is 0. The maximum Gasteiger partial charge on any atom is 1.00 e. The SMILES string of the molecule is [Cu+].[Cu+].[Fe].[O-2]. The molecule has 0 N–H and O–H groups in total. The van der Waals surface area contributed by atoms with E-state index in [-0.39, 0.29) is 56.7 Å². The van der Waals surface area contributed by atoms with Crippen LogP contribution >= 0.6 is 0 Å². The first kappa shape index (κ1) is 48.9. The summed E-state index contributed by atoms with van der Waals surface area (Å²) in [6.45, 7) is 0. The van der Waals surface area contributed by atoms with Crippen molar-refractivity contribution in [3.05, 3.63) is 0 Å². The Hall–Kier alpha value is 1.52. The largest absolute Gasteiger partial charge is 2.00 e. The van der Waals surface area contributed by atoms with E-state index in [9.17, 15) is 0 Å². The van der Waals surface area contributed by atoms with Gasteiger partial charge in [-0.05, 0) is 0 Å². The van der Waals surface area contributed by atoms with Crippen molar-refractivity contribution in [1.82, 2.24) is 0 Å². The summed E-state index contributed by atoms with van der Waals surface area (Å²) in [5.74, 6) is 0. The molecule has 0 saturated heterocycles. The maximum atomic E-state index is 0. The van der Waals surface area contributed by atoms with Crippen molar-refractivity contribution in [3.8, 4) is 0 Å². The summed E-state index contributed by atoms with van der Waals surface area (Å²) in [4.78, 5) is 0. The number of hydrogen-bond donors (Lipinski definition) is 0. The molecule has 0 heterocycles. The van der Waals surface area contributed by atoms with Crippen LogP contribution in [0.1, 0.15) is 0 Å². The van der Waals surface area contributed by atoms with Gasteiger partial charge in [0.1, 0.15) is 0 Å². The smallest absolute Gasteiger partial charge is 1.00 e. The Balaban J connectivity index is 0. The van der Waals surface area contributed by atoms with E-state index < -0.39 is 0 Å². The van der Waals surface area contributed by atoms with Crippen molar-refractivity contribution in [2.45, 2.75) is 0 Å². The van der Waals surface area contributed by atoms with Crippen LogP contribution in [0.15, 0.2) is 0 Å². The third-order valence-corrected chi connectivity index (χ3v) is 0. The van der Waals surface area contributed by atoms with Crippen LogP contribution in [0.5, 0.6) is 0 Å². The van der Waals surface area contributed by atoms with Gasteiger partial charge in [-0.1, -0.05) is 0 Å². The summed E-state index contributed by atoms with van der Waals surface area (Å²) >= 11 is 0. The second-order valence-corrected chi connectivity index (χ2v) is 0. The van der Waals surface area contributed by atoms with Crippen molar-refractivity contribution in [2.24, 2.45) is 0 Å². The van der Waals surface area contributed by atoms with Crippen molar-refractivity contribution < 1.29 is 56.7 Å². The fraction of sp³-hybridized carbons (Fsp3) is 0. The predicted molar refractivity (Wildman–Crippen MR) is 0.686 cm³/mol. The molecule has 0 spiro atoms. The first-order valence-electron chi connectivity index (χ1n) is 0. The van der Waals surface area contributed by atoms with E-state index in [4.69, 9.17) is 0 Å². The van der Waals surface area contributed by atoms with Gasteiger partial charge in [0.15, 0.2) is 0 Å². The number of hydrogen-bond acceptors (Lipinski definition) is 0. The number of rotatable bonds is 0. The summed E-state index contributed by atoms with van der Waals surface area (Å²) < 4.78 is 0. The van der Waals surface area contributed by atoms with Gasteiger partial charge < -0.3 is 5.48 Å². The van der Waals surface area contributed by atoms with E-state index in [0.717, 1.165) is 0 Å². The second-order valence-electron chi connectivity index (χ2n) is 0. The first-order valence-corrected chi connectivity index (χ1v) is 0. The van der Waals surface area contributed by atoms with Crippen molar-refractivity contribution in [3.63, 3.8) is 0 Å². The van der Waals surface area contributed by atoms with Crippen LogP contribution in [-0.4, -0.2) is 0 Å². The molecule has 0 aliphatic rings. The topological polar surface area (TPSA) is 28.5 Å². The fourth-order valence-corrected chi connectivity index (χ4v) is 0. The molecule has 4 heavy (non-hydrogen) atoms. The van der Waals surface area contributed by atoms with Gasteiger partial charge in [-0.25, -0.2) is 0 Å². The van der Waals surface area contributed by atoms with Crippen molar-refractivity contribution in [2.75, 3.05) is 0 Å². The average molecular weight is 199 g/mol. The summed E-state index contributed by atoms with van der Waals surface area (Å²) in [7, 11) is 0. The Kier molecular flexibility index (Phi) is 296. The van der Waals surface area contributed by atoms with Gasteiger partial charge >= 0.3 is 34.1 Å². The quantitative estimate of drug-likeness (QED) is 0.486. The molecule has 0 aliphatic heterocycles. The predicted octanol–water partition coefficient (Wildman–Crippen LogP) is -0.126. The molecule has 0 fully saturated rings. The Labute approximate surface area is 56.6 Å². The standard InChI is InChI=1S/2Cu.Fe.O/q2*+1;;-2. The molecule has 0 radical (unpaired) electrons. The van der Waals surface area contributed by atoms with E-state index >= 15 is 0 Å². The van der Waals surface area contributed by atoms with Crippen LogP contribution in [0.25, 0.3) is 0 Å². The zero-order valence-electron chi connectivity index (χ0n) is 1.36. The van der Waals surface area contributed by atoms with Gasteiger partial charge in [0.2, 0.25) is 0 Å². The Bertz CT molecular complexity index is 6.00. The monoisotopic (exact) mass is 198 g/mol. The maximum absolute atomic E-state index is 0. The van der Waals surface area contributed by atoms with Crippen LogP contribution in [0.2, 0.25) is 0 Å². The molecule has 0 unspecified atom stereocenters. The Morgan fingerprint density at radius 2 is 0.750 bits per heavy atom. The van der Waals surface area contributed by atoms with E-state index in [1.165, 1.54) is 0 Å². The minimum atomic E-state index is 0. The van der Waals surface area contributed by atoms with Gasteiger partial charge in [0.05, 0.1) is 0 Å². The van der Waals surface area contributed by atoms with Crippen LogP contribution in [0, 0.1) is 0 Å². The van der Waals surface area contributed by atoms with E-state index in [0.29, 0.717) is 0 Å². The van der Waals surface area contributed by atoms with Crippen molar-refractivity contribution >= 4 is 0 Å². The minimum absolute atomic E-state index is 0. The van der Waals surface area contributed by atoms with E-state index in [1.54, 1.807) is 0 Å². The van der Waals surface area contributed by atoms with E-state index in [2.05, 4.69) is 0 Å². The molecule has 0 aromatic rings. The molecule has 4 heteroatoms. The summed E-state index contributed by atoms with van der Waals surface area (Å²) in [5.41, 5.74) is 0. The first-order chi connectivity index (χ1) is 0. The molecule has 0 rings (SSSR count). The molecule has 0 aliphatic carbocycles. The van der Waals surface area contributed by atoms with Gasteiger partial charge in [-0.2, -0.15) is 0 Å². The molecule has 0 amide bonds. The zero-order chi connectivity index (χ0) is 0. The van der Waals surface area contributed by atoms with Crippen molar-refractivity contribution in [1.29, 1.82) is 0 Å². The molecule has 36 valence electrons. The molecular weight excluding hydrogens is 199 g/mol. The summed E-state index contributed by atoms with van der Waals surface area (Å²) in [6, 6.07) is 0. The fourth-order valence-electron chi connectivity index (χ4n) is 0. The van der Waals surface area contributed by atoms with Gasteiger partial charge in [-0.3, -0.25) is 0 Å². The molecular formula is Cu2FeO. The third kappa shape index (κ3) is 9.68. The van der Waals surface area contributed by atoms with Gasteiger partial charge in [0.25, 0.3) is 0 Å². The molecule has 0 bridgehead atoms. The Morgan fingerprint density at radius 3 is 0.750 bits per heavy atom. The van der Waals surface area contributed by atoms with Gasteiger partial charge in [-0.15, -0.1) is 0 Å². The van der Waals surface area contributed by atoms with Crippen LogP contribution in [-0.2, 0) is 56.7 Å². The second kappa shape index (κ2) is 24.3. The van der Waals surface area contributed by atoms with Gasteiger partial charge in [0, 0.05) is 17.1 Å². The molecule has 0 aromatic heterocycles. The van der Waals surface area contributed by atoms with Crippen LogP contribution in [0.3, 0.4) is 0 Å². The minimum Gasteiger partial charge on any atom is -2.00 e. The molecule has 1 nitrogen and oxygen atoms in total. The normalized spacial score (nSPS) is 0. The average Bonchev–Trinajstić information content (AvgIpc) is 0. The third-order valence-electron chi connectivity index (χ3n) is 0. The zero-order valence-corrected chi connectivity index (χ0v) is 4.35. The van der Waals surface area contributed by atoms with E-state index in [1.807, 2.05) is 0 Å². The Morgan fingerprint density at radius 1 is 0.750 bits per heavy atom. The molecule has 0 aromatic carbocycles. The van der Waals surface area contributed by atoms with Crippen LogP contribution in [0.4, 0.5) is 0 Å². The summed E-state index contributed by atoms with van der Waals surface area (Å²) in [6.07, 6.45) is 0. The molecule has 0 atom stereocenters. The van der Waals surface area contributed by atoms with Crippen LogP contribution < -0.4 is 0 Å². The molecule has 0 saturated carbocycles.